The molecule has 5 heteroatoms. The van der Waals surface area contributed by atoms with Gasteiger partial charge < -0.3 is 20.1 Å². The molecule has 0 spiro atoms. The van der Waals surface area contributed by atoms with Gasteiger partial charge in [-0.15, -0.1) is 0 Å². The van der Waals surface area contributed by atoms with Crippen LogP contribution in [-0.4, -0.2) is 38.8 Å². The Balaban J connectivity index is 2.26. The van der Waals surface area contributed by atoms with Crippen molar-refractivity contribution in [2.75, 3.05) is 31.7 Å². The number of rotatable bonds is 3. The van der Waals surface area contributed by atoms with Crippen LogP contribution in [0.4, 0.5) is 5.69 Å². The summed E-state index contributed by atoms with van der Waals surface area (Å²) in [5, 5.41) is 0. The van der Waals surface area contributed by atoms with Crippen molar-refractivity contribution in [1.82, 2.24) is 0 Å². The number of hydrogen-bond donors (Lipinski definition) is 1. The van der Waals surface area contributed by atoms with Crippen LogP contribution in [0.1, 0.15) is 0 Å². The predicted molar refractivity (Wildman–Crippen MR) is 64.1 cm³/mol. The fraction of sp³-hybridized carbons (Fsp3) is 0.417. The van der Waals surface area contributed by atoms with Crippen LogP contribution in [-0.2, 0) is 9.53 Å². The number of nitrogens with two attached hydrogens (primary N) is 1. The highest BCUT2D eigenvalue weighted by Gasteiger charge is 2.28. The first-order valence-electron chi connectivity index (χ1n) is 5.54. The molecule has 5 nitrogen and oxygen atoms in total. The number of nitrogens with zero attached hydrogens (tertiary/aromatic N) is 1. The van der Waals surface area contributed by atoms with Crippen LogP contribution in [0.2, 0.25) is 0 Å². The molecular formula is C12H16N2O3. The molecule has 2 rings (SSSR count). The first-order chi connectivity index (χ1) is 8.27. The van der Waals surface area contributed by atoms with Gasteiger partial charge in [-0.3, -0.25) is 4.79 Å². The van der Waals surface area contributed by atoms with Crippen molar-refractivity contribution in [2.24, 2.45) is 5.73 Å². The van der Waals surface area contributed by atoms with E-state index in [-0.39, 0.29) is 12.5 Å². The molecule has 0 radical (unpaired) electrons. The molecule has 0 fully saturated rings. The SMILES string of the molecule is COC(CN)C(=O)N1CCOc2ccccc21. The van der Waals surface area contributed by atoms with Crippen molar-refractivity contribution in [2.45, 2.75) is 6.10 Å². The van der Waals surface area contributed by atoms with Crippen molar-refractivity contribution in [3.8, 4) is 5.75 Å². The molecule has 1 aromatic rings. The minimum atomic E-state index is -0.596. The molecular weight excluding hydrogens is 220 g/mol. The maximum atomic E-state index is 12.2. The highest BCUT2D eigenvalue weighted by molar-refractivity contribution is 5.98. The largest absolute Gasteiger partial charge is 0.490 e. The smallest absolute Gasteiger partial charge is 0.257 e. The Hall–Kier alpha value is -1.59. The Morgan fingerprint density at radius 2 is 2.35 bits per heavy atom. The summed E-state index contributed by atoms with van der Waals surface area (Å²) in [7, 11) is 1.49. The number of carbonyl (C=O) groups is 1. The fourth-order valence-corrected chi connectivity index (χ4v) is 1.87. The van der Waals surface area contributed by atoms with Crippen LogP contribution >= 0.6 is 0 Å². The van der Waals surface area contributed by atoms with Gasteiger partial charge in [-0.1, -0.05) is 12.1 Å². The number of ether oxygens (including phenoxy) is 2. The molecule has 1 amide bonds. The van der Waals surface area contributed by atoms with Gasteiger partial charge in [-0.25, -0.2) is 0 Å². The minimum absolute atomic E-state index is 0.120. The highest BCUT2D eigenvalue weighted by atomic mass is 16.5. The lowest BCUT2D eigenvalue weighted by atomic mass is 10.2. The zero-order chi connectivity index (χ0) is 12.3. The van der Waals surface area contributed by atoms with E-state index in [2.05, 4.69) is 0 Å². The molecule has 2 N–H and O–H groups in total. The number of para-hydroxylation sites is 2. The van der Waals surface area contributed by atoms with Gasteiger partial charge in [0.15, 0.2) is 0 Å². The van der Waals surface area contributed by atoms with Crippen LogP contribution in [0.25, 0.3) is 0 Å². The number of benzene rings is 1. The van der Waals surface area contributed by atoms with Crippen LogP contribution < -0.4 is 15.4 Å². The lowest BCUT2D eigenvalue weighted by Crippen LogP contribution is -2.47. The lowest BCUT2D eigenvalue weighted by Gasteiger charge is -2.31. The maximum absolute atomic E-state index is 12.2. The van der Waals surface area contributed by atoms with Gasteiger partial charge in [0, 0.05) is 13.7 Å². The number of methoxy groups -OCH3 is 1. The molecule has 17 heavy (non-hydrogen) atoms. The second-order valence-electron chi connectivity index (χ2n) is 3.77. The molecule has 1 heterocycles. The van der Waals surface area contributed by atoms with Crippen LogP contribution in [0.3, 0.4) is 0 Å². The van der Waals surface area contributed by atoms with Gasteiger partial charge in [-0.05, 0) is 12.1 Å². The van der Waals surface area contributed by atoms with Gasteiger partial charge in [0.05, 0.1) is 12.2 Å². The Bertz CT molecular complexity index is 404. The summed E-state index contributed by atoms with van der Waals surface area (Å²) in [6.07, 6.45) is -0.596. The van der Waals surface area contributed by atoms with Crippen molar-refractivity contribution in [3.05, 3.63) is 24.3 Å². The molecule has 0 saturated heterocycles. The number of fused-ring (bicyclic) bond motifs is 1. The first-order valence-corrected chi connectivity index (χ1v) is 5.54. The van der Waals surface area contributed by atoms with E-state index in [1.165, 1.54) is 7.11 Å². The third kappa shape index (κ3) is 2.25. The summed E-state index contributed by atoms with van der Waals surface area (Å²) in [4.78, 5) is 13.9. The fourth-order valence-electron chi connectivity index (χ4n) is 1.87. The van der Waals surface area contributed by atoms with Crippen molar-refractivity contribution in [3.63, 3.8) is 0 Å². The number of hydrogen-bond acceptors (Lipinski definition) is 4. The average molecular weight is 236 g/mol. The Kier molecular flexibility index (Phi) is 3.61. The Labute approximate surface area is 100 Å². The summed E-state index contributed by atoms with van der Waals surface area (Å²) in [5.41, 5.74) is 6.28. The van der Waals surface area contributed by atoms with Gasteiger partial charge in [0.1, 0.15) is 18.5 Å². The minimum Gasteiger partial charge on any atom is -0.490 e. The van der Waals surface area contributed by atoms with E-state index in [1.807, 2.05) is 24.3 Å². The Morgan fingerprint density at radius 1 is 1.59 bits per heavy atom. The molecule has 0 aliphatic carbocycles. The van der Waals surface area contributed by atoms with E-state index in [1.54, 1.807) is 4.90 Å². The lowest BCUT2D eigenvalue weighted by molar-refractivity contribution is -0.128. The summed E-state index contributed by atoms with van der Waals surface area (Å²) >= 11 is 0. The third-order valence-electron chi connectivity index (χ3n) is 2.77. The molecule has 0 bridgehead atoms. The Morgan fingerprint density at radius 3 is 3.06 bits per heavy atom. The van der Waals surface area contributed by atoms with Crippen molar-refractivity contribution < 1.29 is 14.3 Å². The van der Waals surface area contributed by atoms with Gasteiger partial charge in [0.2, 0.25) is 0 Å². The van der Waals surface area contributed by atoms with E-state index in [0.717, 1.165) is 11.4 Å². The highest BCUT2D eigenvalue weighted by Crippen LogP contribution is 2.31. The second kappa shape index (κ2) is 5.16. The van der Waals surface area contributed by atoms with E-state index in [0.29, 0.717) is 13.2 Å². The monoisotopic (exact) mass is 236 g/mol. The normalized spacial score (nSPS) is 16.0. The molecule has 1 atom stereocenters. The molecule has 1 aliphatic rings. The van der Waals surface area contributed by atoms with E-state index < -0.39 is 6.10 Å². The van der Waals surface area contributed by atoms with E-state index in [9.17, 15) is 4.79 Å². The van der Waals surface area contributed by atoms with Crippen molar-refractivity contribution >= 4 is 11.6 Å². The van der Waals surface area contributed by atoms with Crippen LogP contribution in [0.15, 0.2) is 24.3 Å². The third-order valence-corrected chi connectivity index (χ3v) is 2.77. The second-order valence-corrected chi connectivity index (χ2v) is 3.77. The zero-order valence-corrected chi connectivity index (χ0v) is 9.76. The topological polar surface area (TPSA) is 64.8 Å². The summed E-state index contributed by atoms with van der Waals surface area (Å²) in [6.45, 7) is 1.19. The molecule has 1 aliphatic heterocycles. The number of carbonyl (C=O) groups excluding carboxylic acids is 1. The van der Waals surface area contributed by atoms with Crippen molar-refractivity contribution in [1.29, 1.82) is 0 Å². The summed E-state index contributed by atoms with van der Waals surface area (Å²) in [5.74, 6) is 0.602. The standard InChI is InChI=1S/C12H16N2O3/c1-16-11(8-13)12(15)14-6-7-17-10-5-3-2-4-9(10)14/h2-5,11H,6-8,13H2,1H3. The molecule has 1 unspecified atom stereocenters. The number of amides is 1. The van der Waals surface area contributed by atoms with Gasteiger partial charge in [-0.2, -0.15) is 0 Å². The quantitative estimate of drug-likeness (QED) is 0.824. The maximum Gasteiger partial charge on any atom is 0.257 e. The predicted octanol–water partition coefficient (Wildman–Crippen LogP) is 0.386. The summed E-state index contributed by atoms with van der Waals surface area (Å²) < 4.78 is 10.6. The molecule has 1 aromatic carbocycles. The van der Waals surface area contributed by atoms with Gasteiger partial charge >= 0.3 is 0 Å². The zero-order valence-electron chi connectivity index (χ0n) is 9.76. The molecule has 92 valence electrons. The van der Waals surface area contributed by atoms with E-state index in [4.69, 9.17) is 15.2 Å². The first kappa shape index (κ1) is 11.9. The van der Waals surface area contributed by atoms with Gasteiger partial charge in [0.25, 0.3) is 5.91 Å². The van der Waals surface area contributed by atoms with Crippen LogP contribution in [0.5, 0.6) is 5.75 Å². The molecule has 0 saturated carbocycles. The van der Waals surface area contributed by atoms with E-state index >= 15 is 0 Å². The number of anilines is 1. The van der Waals surface area contributed by atoms with Crippen LogP contribution in [0, 0.1) is 0 Å². The average Bonchev–Trinajstić information content (AvgIpc) is 2.39. The molecule has 0 aromatic heterocycles. The summed E-state index contributed by atoms with van der Waals surface area (Å²) in [6, 6.07) is 7.45.